The van der Waals surface area contributed by atoms with Crippen molar-refractivity contribution in [2.75, 3.05) is 18.0 Å². The smallest absolute Gasteiger partial charge is 0.278 e. The third-order valence-electron chi connectivity index (χ3n) is 4.24. The van der Waals surface area contributed by atoms with Crippen LogP contribution >= 0.6 is 12.2 Å². The van der Waals surface area contributed by atoms with E-state index in [-0.39, 0.29) is 16.0 Å². The first-order valence-electron chi connectivity index (χ1n) is 8.79. The Hall–Kier alpha value is -3.06. The minimum Gasteiger partial charge on any atom is -0.372 e. The molecule has 6 nitrogen and oxygen atoms in total. The maximum Gasteiger partial charge on any atom is 0.278 e. The Morgan fingerprint density at radius 2 is 1.81 bits per heavy atom. The fourth-order valence-corrected chi connectivity index (χ4v) is 2.96. The molecular weight excluding hydrogens is 358 g/mol. The van der Waals surface area contributed by atoms with E-state index in [1.165, 1.54) is 5.69 Å². The molecule has 0 atom stereocenters. The van der Waals surface area contributed by atoms with Gasteiger partial charge in [-0.1, -0.05) is 30.3 Å². The Morgan fingerprint density at radius 3 is 2.48 bits per heavy atom. The lowest BCUT2D eigenvalue weighted by atomic mass is 10.1. The first-order chi connectivity index (χ1) is 13.1. The van der Waals surface area contributed by atoms with Crippen LogP contribution in [0.2, 0.25) is 0 Å². The number of benzene rings is 2. The van der Waals surface area contributed by atoms with E-state index in [0.29, 0.717) is 11.3 Å². The number of nitrogens with one attached hydrogen (secondary N) is 2. The molecule has 0 unspecified atom stereocenters. The van der Waals surface area contributed by atoms with Gasteiger partial charge in [-0.2, -0.15) is 5.10 Å². The van der Waals surface area contributed by atoms with Crippen LogP contribution in [-0.4, -0.2) is 34.5 Å². The summed E-state index contributed by atoms with van der Waals surface area (Å²) in [4.78, 5) is 21.6. The third kappa shape index (κ3) is 4.38. The fourth-order valence-electron chi connectivity index (χ4n) is 2.82. The van der Waals surface area contributed by atoms with Gasteiger partial charge in [-0.25, -0.2) is 0 Å². The number of para-hydroxylation sites is 1. The van der Waals surface area contributed by atoms with E-state index in [9.17, 15) is 4.79 Å². The van der Waals surface area contributed by atoms with Gasteiger partial charge in [0.1, 0.15) is 0 Å². The van der Waals surface area contributed by atoms with Crippen molar-refractivity contribution in [1.29, 1.82) is 0 Å². The number of aromatic nitrogens is 3. The molecule has 0 spiro atoms. The summed E-state index contributed by atoms with van der Waals surface area (Å²) in [7, 11) is 0. The quantitative estimate of drug-likeness (QED) is 0.499. The van der Waals surface area contributed by atoms with Crippen molar-refractivity contribution in [3.63, 3.8) is 0 Å². The van der Waals surface area contributed by atoms with Gasteiger partial charge in [-0.05, 0) is 49.8 Å². The molecule has 138 valence electrons. The van der Waals surface area contributed by atoms with Crippen LogP contribution in [0, 0.1) is 4.77 Å². The molecule has 0 aliphatic heterocycles. The Balaban J connectivity index is 1.90. The summed E-state index contributed by atoms with van der Waals surface area (Å²) >= 11 is 4.90. The standard InChI is InChI=1S/C20H21N5OS/c1-3-25(4-2)15-11-9-14(10-12-15)13-21-17-8-6-5-7-16(17)18-19(26)22-20(27)24-23-18/h5-13H,3-4H2,1-2H3,(H2,22,24,26,27). The summed E-state index contributed by atoms with van der Waals surface area (Å²) in [6, 6.07) is 15.6. The minimum atomic E-state index is -0.343. The van der Waals surface area contributed by atoms with Gasteiger partial charge in [-0.3, -0.25) is 19.9 Å². The van der Waals surface area contributed by atoms with Crippen LogP contribution in [0.4, 0.5) is 11.4 Å². The van der Waals surface area contributed by atoms with Crippen LogP contribution in [0.25, 0.3) is 11.3 Å². The van der Waals surface area contributed by atoms with Crippen molar-refractivity contribution >= 4 is 29.8 Å². The zero-order chi connectivity index (χ0) is 19.2. The summed E-state index contributed by atoms with van der Waals surface area (Å²) < 4.78 is 0.193. The lowest BCUT2D eigenvalue weighted by Gasteiger charge is -2.20. The molecule has 0 aliphatic rings. The Kier molecular flexibility index (Phi) is 5.93. The van der Waals surface area contributed by atoms with E-state index < -0.39 is 0 Å². The fraction of sp³-hybridized carbons (Fsp3) is 0.200. The molecule has 0 radical (unpaired) electrons. The Labute approximate surface area is 162 Å². The maximum atomic E-state index is 12.2. The van der Waals surface area contributed by atoms with Gasteiger partial charge in [0.2, 0.25) is 0 Å². The van der Waals surface area contributed by atoms with E-state index in [2.05, 4.69) is 51.1 Å². The van der Waals surface area contributed by atoms with Crippen molar-refractivity contribution in [3.8, 4) is 11.3 Å². The number of nitrogens with zero attached hydrogens (tertiary/aromatic N) is 3. The number of H-pyrrole nitrogens is 2. The normalized spacial score (nSPS) is 11.0. The predicted octanol–water partition coefficient (Wildman–Crippen LogP) is 4.09. The third-order valence-corrected chi connectivity index (χ3v) is 4.44. The zero-order valence-corrected chi connectivity index (χ0v) is 16.1. The van der Waals surface area contributed by atoms with Gasteiger partial charge in [-0.15, -0.1) is 0 Å². The molecule has 0 saturated heterocycles. The Morgan fingerprint density at radius 1 is 1.11 bits per heavy atom. The predicted molar refractivity (Wildman–Crippen MR) is 113 cm³/mol. The Bertz CT molecular complexity index is 1050. The molecule has 1 aromatic heterocycles. The largest absolute Gasteiger partial charge is 0.372 e. The summed E-state index contributed by atoms with van der Waals surface area (Å²) in [6.45, 7) is 6.22. The molecule has 0 fully saturated rings. The van der Waals surface area contributed by atoms with Crippen LogP contribution in [0.15, 0.2) is 58.3 Å². The first kappa shape index (κ1) is 18.7. The summed E-state index contributed by atoms with van der Waals surface area (Å²) in [5.74, 6) is 0. The maximum absolute atomic E-state index is 12.2. The highest BCUT2D eigenvalue weighted by molar-refractivity contribution is 7.71. The second-order valence-corrected chi connectivity index (χ2v) is 6.30. The highest BCUT2D eigenvalue weighted by Crippen LogP contribution is 2.26. The van der Waals surface area contributed by atoms with Crippen molar-refractivity contribution in [2.45, 2.75) is 13.8 Å². The average molecular weight is 379 g/mol. The molecule has 1 heterocycles. The van der Waals surface area contributed by atoms with Crippen LogP contribution in [0.5, 0.6) is 0 Å². The zero-order valence-electron chi connectivity index (χ0n) is 15.3. The van der Waals surface area contributed by atoms with Crippen molar-refractivity contribution in [3.05, 3.63) is 69.2 Å². The van der Waals surface area contributed by atoms with Crippen LogP contribution in [-0.2, 0) is 0 Å². The van der Waals surface area contributed by atoms with Gasteiger partial charge in [0.15, 0.2) is 10.5 Å². The molecule has 7 heteroatoms. The van der Waals surface area contributed by atoms with E-state index in [0.717, 1.165) is 18.7 Å². The molecule has 0 aliphatic carbocycles. The molecule has 3 aromatic rings. The highest BCUT2D eigenvalue weighted by atomic mass is 32.1. The van der Waals surface area contributed by atoms with Crippen molar-refractivity contribution < 1.29 is 0 Å². The van der Waals surface area contributed by atoms with Gasteiger partial charge >= 0.3 is 0 Å². The van der Waals surface area contributed by atoms with Gasteiger partial charge in [0, 0.05) is 30.6 Å². The summed E-state index contributed by atoms with van der Waals surface area (Å²) in [6.07, 6.45) is 1.78. The van der Waals surface area contributed by atoms with E-state index in [1.54, 1.807) is 6.21 Å². The highest BCUT2D eigenvalue weighted by Gasteiger charge is 2.09. The second-order valence-electron chi connectivity index (χ2n) is 5.89. The number of hydrogen-bond acceptors (Lipinski definition) is 5. The summed E-state index contributed by atoms with van der Waals surface area (Å²) in [5.41, 5.74) is 3.39. The molecule has 2 N–H and O–H groups in total. The van der Waals surface area contributed by atoms with Gasteiger partial charge < -0.3 is 4.90 Å². The number of hydrogen-bond donors (Lipinski definition) is 2. The molecule has 27 heavy (non-hydrogen) atoms. The monoisotopic (exact) mass is 379 g/mol. The SMILES string of the molecule is CCN(CC)c1ccc(C=Nc2ccccc2-c2n[nH]c(=S)[nH]c2=O)cc1. The number of aromatic amines is 2. The molecule has 0 amide bonds. The first-order valence-corrected chi connectivity index (χ1v) is 9.20. The lowest BCUT2D eigenvalue weighted by Crippen LogP contribution is -2.21. The second kappa shape index (κ2) is 8.55. The average Bonchev–Trinajstić information content (AvgIpc) is 2.69. The van der Waals surface area contributed by atoms with E-state index in [1.807, 2.05) is 36.4 Å². The number of rotatable bonds is 6. The molecule has 0 saturated carbocycles. The van der Waals surface area contributed by atoms with Crippen molar-refractivity contribution in [2.24, 2.45) is 4.99 Å². The summed E-state index contributed by atoms with van der Waals surface area (Å²) in [5, 5.41) is 6.68. The van der Waals surface area contributed by atoms with E-state index in [4.69, 9.17) is 12.2 Å². The molecule has 2 aromatic carbocycles. The molecule has 0 bridgehead atoms. The topological polar surface area (TPSA) is 77.1 Å². The van der Waals surface area contributed by atoms with Gasteiger partial charge in [0.25, 0.3) is 5.56 Å². The lowest BCUT2D eigenvalue weighted by molar-refractivity contribution is 0.866. The molecule has 3 rings (SSSR count). The van der Waals surface area contributed by atoms with Crippen molar-refractivity contribution in [1.82, 2.24) is 15.2 Å². The number of aliphatic imine (C=N–C) groups is 1. The van der Waals surface area contributed by atoms with E-state index >= 15 is 0 Å². The van der Waals surface area contributed by atoms with Crippen LogP contribution in [0.1, 0.15) is 19.4 Å². The van der Waals surface area contributed by atoms with Gasteiger partial charge in [0.05, 0.1) is 5.69 Å². The van der Waals surface area contributed by atoms with Crippen LogP contribution in [0.3, 0.4) is 0 Å². The molecular formula is C20H21N5OS. The minimum absolute atomic E-state index is 0.193. The number of anilines is 1. The van der Waals surface area contributed by atoms with Crippen LogP contribution < -0.4 is 10.5 Å².